The number of halogens is 4. The van der Waals surface area contributed by atoms with E-state index in [-0.39, 0.29) is 56.6 Å². The van der Waals surface area contributed by atoms with Gasteiger partial charge in [-0.25, -0.2) is 14.6 Å². The lowest BCUT2D eigenvalue weighted by Gasteiger charge is -2.44. The lowest BCUT2D eigenvalue weighted by molar-refractivity contribution is -0.377. The van der Waals surface area contributed by atoms with Gasteiger partial charge in [-0.2, -0.15) is 8.78 Å². The third-order valence-corrected chi connectivity index (χ3v) is 11.2. The molecule has 3 atom stereocenters. The van der Waals surface area contributed by atoms with Gasteiger partial charge in [0.05, 0.1) is 19.3 Å². The monoisotopic (exact) mass is 841 g/mol. The molecule has 1 aromatic heterocycles. The molecule has 0 spiro atoms. The van der Waals surface area contributed by atoms with Crippen LogP contribution in [0.3, 0.4) is 0 Å². The van der Waals surface area contributed by atoms with Gasteiger partial charge in [0.25, 0.3) is 5.91 Å². The zero-order valence-electron chi connectivity index (χ0n) is 31.5. The fourth-order valence-corrected chi connectivity index (χ4v) is 7.77. The number of benzene rings is 3. The molecular formula is C42H43Cl2F2N3O9. The molecule has 3 aromatic carbocycles. The Labute approximate surface area is 344 Å². The number of para-hydroxylation sites is 1. The third kappa shape index (κ3) is 10.3. The van der Waals surface area contributed by atoms with Crippen LogP contribution in [0.1, 0.15) is 75.2 Å². The Bertz CT molecular complexity index is 2080. The molecule has 2 bridgehead atoms. The van der Waals surface area contributed by atoms with Gasteiger partial charge >= 0.3 is 18.6 Å². The van der Waals surface area contributed by atoms with Crippen molar-refractivity contribution in [3.8, 4) is 17.2 Å². The van der Waals surface area contributed by atoms with Crippen molar-refractivity contribution in [3.05, 3.63) is 117 Å². The Morgan fingerprint density at radius 2 is 1.62 bits per heavy atom. The van der Waals surface area contributed by atoms with Crippen molar-refractivity contribution < 1.29 is 57.3 Å². The van der Waals surface area contributed by atoms with Crippen LogP contribution < -0.4 is 24.5 Å². The van der Waals surface area contributed by atoms with E-state index in [1.54, 1.807) is 24.3 Å². The Morgan fingerprint density at radius 3 is 2.29 bits per heavy atom. The fraction of sp³-hybridized carbons (Fsp3) is 0.381. The minimum atomic E-state index is -3.09. The number of hydrogen-bond donors (Lipinski definition) is 1. The standard InChI is InChI=1S/C42H41Cl2F2N3O8.H2O/c1-53-33-8-3-2-7-29(33)38(41(52)56-37-22-49-15-13-25(37)14-16-49)48-39(50)27-5-4-6-28(17-27)40(51)55-35(19-30-31(43)20-47-21-32(30)44)26-11-12-34(57-42(45)46)36(18-26)54-23-24-9-10-24;/h2-8,11-12,17-18,20-21,24-25,35,37-38,42H,9-10,13-16,19,22-23H2,1H3,(H,48,50);1H2/t35-,37-,38?;/m0./s1. The number of ether oxygens (including phenoxy) is 5. The first kappa shape index (κ1) is 42.6. The summed E-state index contributed by atoms with van der Waals surface area (Å²) in [7, 11) is 1.48. The number of aromatic amines is 1. The Kier molecular flexibility index (Phi) is 14.1. The number of rotatable bonds is 16. The molecule has 1 aliphatic carbocycles. The maximum absolute atomic E-state index is 13.9. The number of piperidine rings is 3. The van der Waals surface area contributed by atoms with Gasteiger partial charge in [-0.1, -0.05) is 53.5 Å². The SMILES string of the molecule is COc1ccccc1C(NC(=O)c1cccc(C(=O)O[C@@H](Cc2c(Cl)c[nH+]cc2Cl)c2ccc(OC(F)F)c(OCC3CC3)c2)c1)C(=O)O[C@H]1CN2CCC1CC2.[OH-]. The van der Waals surface area contributed by atoms with Gasteiger partial charge < -0.3 is 34.5 Å². The zero-order valence-corrected chi connectivity index (χ0v) is 33.0. The lowest BCUT2D eigenvalue weighted by atomic mass is 9.86. The summed E-state index contributed by atoms with van der Waals surface area (Å²) in [5.74, 6) is -1.22. The minimum absolute atomic E-state index is 0. The Hall–Kier alpha value is -5.02. The summed E-state index contributed by atoms with van der Waals surface area (Å²) in [4.78, 5) is 46.8. The fourth-order valence-electron chi connectivity index (χ4n) is 7.24. The molecule has 1 saturated carbocycles. The van der Waals surface area contributed by atoms with E-state index in [1.165, 1.54) is 62.0 Å². The van der Waals surface area contributed by atoms with Gasteiger partial charge in [-0.3, -0.25) is 9.69 Å². The van der Waals surface area contributed by atoms with Gasteiger partial charge in [-0.05, 0) is 92.6 Å². The normalized spacial score (nSPS) is 19.3. The van der Waals surface area contributed by atoms with Crippen LogP contribution in [0.5, 0.6) is 17.2 Å². The molecule has 0 radical (unpaired) electrons. The van der Waals surface area contributed by atoms with Crippen molar-refractivity contribution in [2.45, 2.75) is 57.0 Å². The molecule has 4 heterocycles. The first-order valence-corrected chi connectivity index (χ1v) is 19.5. The Morgan fingerprint density at radius 1 is 0.897 bits per heavy atom. The van der Waals surface area contributed by atoms with E-state index in [0.717, 1.165) is 38.8 Å². The van der Waals surface area contributed by atoms with E-state index < -0.39 is 36.6 Å². The minimum Gasteiger partial charge on any atom is -0.870 e. The number of methoxy groups -OCH3 is 1. The van der Waals surface area contributed by atoms with Crippen LogP contribution in [-0.2, 0) is 20.7 Å². The topological polar surface area (TPSA) is 157 Å². The number of fused-ring (bicyclic) bond motifs is 3. The van der Waals surface area contributed by atoms with Gasteiger partial charge in [0.1, 0.15) is 28.0 Å². The molecule has 58 heavy (non-hydrogen) atoms. The van der Waals surface area contributed by atoms with E-state index in [0.29, 0.717) is 41.5 Å². The van der Waals surface area contributed by atoms with Crippen LogP contribution in [0.4, 0.5) is 8.78 Å². The third-order valence-electron chi connectivity index (χ3n) is 10.5. The number of esters is 2. The molecule has 16 heteroatoms. The molecule has 4 aromatic rings. The summed E-state index contributed by atoms with van der Waals surface area (Å²) in [5, 5.41) is 3.37. The molecule has 1 unspecified atom stereocenters. The number of amides is 1. The number of pyridine rings is 1. The van der Waals surface area contributed by atoms with Crippen molar-refractivity contribution in [1.29, 1.82) is 0 Å². The molecule has 308 valence electrons. The molecule has 12 nitrogen and oxygen atoms in total. The van der Waals surface area contributed by atoms with Crippen LogP contribution >= 0.6 is 23.2 Å². The predicted octanol–water partition coefficient (Wildman–Crippen LogP) is 7.28. The number of carbonyl (C=O) groups excluding carboxylic acids is 3. The second-order valence-corrected chi connectivity index (χ2v) is 15.2. The zero-order chi connectivity index (χ0) is 40.1. The first-order valence-electron chi connectivity index (χ1n) is 18.8. The first-order chi connectivity index (χ1) is 27.6. The molecule has 8 rings (SSSR count). The number of hydrogen-bond acceptors (Lipinski definition) is 10. The summed E-state index contributed by atoms with van der Waals surface area (Å²) in [6, 6.07) is 15.8. The number of aromatic nitrogens is 1. The quantitative estimate of drug-likeness (QED) is 0.114. The van der Waals surface area contributed by atoms with Gasteiger partial charge in [-0.15, -0.1) is 0 Å². The maximum atomic E-state index is 13.9. The summed E-state index contributed by atoms with van der Waals surface area (Å²) < 4.78 is 54.9. The van der Waals surface area contributed by atoms with Crippen LogP contribution in [-0.4, -0.2) is 74.3 Å². The highest BCUT2D eigenvalue weighted by molar-refractivity contribution is 6.35. The average Bonchev–Trinajstić information content (AvgIpc) is 4.05. The molecule has 4 fully saturated rings. The summed E-state index contributed by atoms with van der Waals surface area (Å²) in [5.41, 5.74) is 1.37. The Balaban J connectivity index is 0.00000567. The molecule has 1 amide bonds. The number of nitrogens with zero attached hydrogens (tertiary/aromatic N) is 1. The summed E-state index contributed by atoms with van der Waals surface area (Å²) in [6.45, 7) is -0.205. The van der Waals surface area contributed by atoms with Crippen molar-refractivity contribution in [3.63, 3.8) is 0 Å². The maximum Gasteiger partial charge on any atom is 0.387 e. The van der Waals surface area contributed by atoms with Crippen LogP contribution in [0.25, 0.3) is 0 Å². The number of nitrogens with one attached hydrogen (secondary N) is 2. The number of H-pyrrole nitrogens is 1. The highest BCUT2D eigenvalue weighted by atomic mass is 35.5. The van der Waals surface area contributed by atoms with E-state index >= 15 is 0 Å². The van der Waals surface area contributed by atoms with Gasteiger partial charge in [0.15, 0.2) is 29.9 Å². The molecule has 3 saturated heterocycles. The van der Waals surface area contributed by atoms with Crippen molar-refractivity contribution >= 4 is 41.0 Å². The van der Waals surface area contributed by atoms with E-state index in [2.05, 4.69) is 15.2 Å². The van der Waals surface area contributed by atoms with Gasteiger partial charge in [0, 0.05) is 29.7 Å². The largest absolute Gasteiger partial charge is 0.870 e. The summed E-state index contributed by atoms with van der Waals surface area (Å²) >= 11 is 13.0. The van der Waals surface area contributed by atoms with Crippen LogP contribution in [0.2, 0.25) is 10.0 Å². The number of alkyl halides is 2. The molecule has 3 N–H and O–H groups in total. The van der Waals surface area contributed by atoms with Crippen molar-refractivity contribution in [1.82, 2.24) is 10.2 Å². The van der Waals surface area contributed by atoms with Crippen LogP contribution in [0, 0.1) is 11.8 Å². The predicted molar refractivity (Wildman–Crippen MR) is 207 cm³/mol. The van der Waals surface area contributed by atoms with Crippen molar-refractivity contribution in [2.75, 3.05) is 33.4 Å². The average molecular weight is 843 g/mol. The highest BCUT2D eigenvalue weighted by Gasteiger charge is 2.39. The van der Waals surface area contributed by atoms with E-state index in [9.17, 15) is 23.2 Å². The van der Waals surface area contributed by atoms with E-state index in [4.69, 9.17) is 46.9 Å². The summed E-state index contributed by atoms with van der Waals surface area (Å²) in [6.07, 6.45) is 5.51. The highest BCUT2D eigenvalue weighted by Crippen LogP contribution is 2.38. The van der Waals surface area contributed by atoms with Gasteiger partial charge in [0.2, 0.25) is 0 Å². The number of carbonyl (C=O) groups is 3. The smallest absolute Gasteiger partial charge is 0.387 e. The molecular weight excluding hydrogens is 799 g/mol. The van der Waals surface area contributed by atoms with E-state index in [1.807, 2.05) is 0 Å². The molecule has 4 aliphatic rings. The lowest BCUT2D eigenvalue weighted by Crippen LogP contribution is -2.52. The second-order valence-electron chi connectivity index (χ2n) is 14.4. The second kappa shape index (κ2) is 19.2. The molecule has 3 aliphatic heterocycles. The van der Waals surface area contributed by atoms with Crippen LogP contribution in [0.15, 0.2) is 79.1 Å². The van der Waals surface area contributed by atoms with Crippen molar-refractivity contribution in [2.24, 2.45) is 11.8 Å².